The van der Waals surface area contributed by atoms with Crippen LogP contribution in [0.3, 0.4) is 0 Å². The van der Waals surface area contributed by atoms with Crippen molar-refractivity contribution < 1.29 is 22.3 Å². The van der Waals surface area contributed by atoms with Gasteiger partial charge < -0.3 is 5.11 Å². The number of alkyl halides is 2. The number of halogens is 2. The monoisotopic (exact) mass is 224 g/mol. The number of aromatic nitrogens is 1. The molecule has 1 aromatic heterocycles. The van der Waals surface area contributed by atoms with Crippen LogP contribution in [-0.2, 0) is 10.0 Å². The molecule has 0 saturated heterocycles. The summed E-state index contributed by atoms with van der Waals surface area (Å²) in [6.07, 6.45) is -2.15. The first kappa shape index (κ1) is 10.8. The molecule has 0 saturated carbocycles. The van der Waals surface area contributed by atoms with Crippen LogP contribution >= 0.6 is 0 Å². The molecule has 0 unspecified atom stereocenters. The zero-order valence-corrected chi connectivity index (χ0v) is 7.50. The zero-order valence-electron chi connectivity index (χ0n) is 6.68. The van der Waals surface area contributed by atoms with Gasteiger partial charge in [-0.3, -0.25) is 0 Å². The van der Waals surface area contributed by atoms with E-state index in [4.69, 9.17) is 5.11 Å². The maximum Gasteiger partial charge on any atom is 0.267 e. The predicted octanol–water partition coefficient (Wildman–Crippen LogP) is 0.372. The first-order chi connectivity index (χ1) is 6.34. The van der Waals surface area contributed by atoms with Crippen LogP contribution < -0.4 is 5.14 Å². The number of sulfonamides is 1. The minimum absolute atomic E-state index is 0.814. The van der Waals surface area contributed by atoms with E-state index in [1.165, 1.54) is 0 Å². The van der Waals surface area contributed by atoms with Gasteiger partial charge in [0.25, 0.3) is 16.4 Å². The molecule has 78 valence electrons. The Balaban J connectivity index is 3.43. The Morgan fingerprint density at radius 2 is 2.07 bits per heavy atom. The van der Waals surface area contributed by atoms with Crippen LogP contribution in [0.15, 0.2) is 17.3 Å². The van der Waals surface area contributed by atoms with Crippen molar-refractivity contribution >= 4 is 10.0 Å². The smallest absolute Gasteiger partial charge is 0.267 e. The minimum Gasteiger partial charge on any atom is -0.505 e. The van der Waals surface area contributed by atoms with Crippen molar-refractivity contribution in [2.45, 2.75) is 11.5 Å². The van der Waals surface area contributed by atoms with Crippen LogP contribution in [0.4, 0.5) is 8.78 Å². The van der Waals surface area contributed by atoms with E-state index in [1.807, 2.05) is 0 Å². The van der Waals surface area contributed by atoms with Crippen molar-refractivity contribution in [3.8, 4) is 5.75 Å². The molecule has 0 aliphatic carbocycles. The Hall–Kier alpha value is -1.28. The molecule has 0 fully saturated rings. The van der Waals surface area contributed by atoms with E-state index in [1.54, 1.807) is 0 Å². The summed E-state index contributed by atoms with van der Waals surface area (Å²) in [4.78, 5) is 3.20. The molecular weight excluding hydrogens is 218 g/mol. The van der Waals surface area contributed by atoms with Gasteiger partial charge in [0.2, 0.25) is 5.03 Å². The lowest BCUT2D eigenvalue weighted by Gasteiger charge is -2.05. The van der Waals surface area contributed by atoms with Gasteiger partial charge in [0.15, 0.2) is 5.75 Å². The Morgan fingerprint density at radius 1 is 1.50 bits per heavy atom. The molecule has 1 rings (SSSR count). The van der Waals surface area contributed by atoms with Crippen LogP contribution in [0.2, 0.25) is 0 Å². The number of rotatable bonds is 2. The van der Waals surface area contributed by atoms with E-state index in [9.17, 15) is 17.2 Å². The number of hydrogen-bond acceptors (Lipinski definition) is 4. The SMILES string of the molecule is NS(=O)(=O)c1nccc(C(F)F)c1O. The highest BCUT2D eigenvalue weighted by Gasteiger charge is 2.22. The third kappa shape index (κ3) is 1.96. The maximum absolute atomic E-state index is 12.2. The molecule has 0 spiro atoms. The molecule has 0 aliphatic heterocycles. The lowest BCUT2D eigenvalue weighted by molar-refractivity contribution is 0.146. The maximum atomic E-state index is 12.2. The Kier molecular flexibility index (Phi) is 2.67. The fourth-order valence-corrected chi connectivity index (χ4v) is 1.43. The van der Waals surface area contributed by atoms with Crippen molar-refractivity contribution in [1.29, 1.82) is 0 Å². The van der Waals surface area contributed by atoms with Crippen LogP contribution in [-0.4, -0.2) is 18.5 Å². The Bertz CT molecular complexity index is 446. The van der Waals surface area contributed by atoms with Crippen molar-refractivity contribution in [2.24, 2.45) is 5.14 Å². The molecule has 3 N–H and O–H groups in total. The summed E-state index contributed by atoms with van der Waals surface area (Å²) < 4.78 is 45.8. The molecule has 1 heterocycles. The second-order valence-electron chi connectivity index (χ2n) is 2.40. The zero-order chi connectivity index (χ0) is 10.9. The molecule has 8 heteroatoms. The summed E-state index contributed by atoms with van der Waals surface area (Å²) in [5, 5.41) is 12.8. The number of primary sulfonamides is 1. The average Bonchev–Trinajstić information content (AvgIpc) is 2.01. The predicted molar refractivity (Wildman–Crippen MR) is 42.2 cm³/mol. The van der Waals surface area contributed by atoms with Gasteiger partial charge in [-0.05, 0) is 6.07 Å². The highest BCUT2D eigenvalue weighted by atomic mass is 32.2. The third-order valence-corrected chi connectivity index (χ3v) is 2.26. The van der Waals surface area contributed by atoms with Gasteiger partial charge in [-0.25, -0.2) is 27.3 Å². The van der Waals surface area contributed by atoms with E-state index in [0.717, 1.165) is 12.3 Å². The van der Waals surface area contributed by atoms with Crippen molar-refractivity contribution in [3.63, 3.8) is 0 Å². The van der Waals surface area contributed by atoms with Gasteiger partial charge in [0, 0.05) is 6.20 Å². The fraction of sp³-hybridized carbons (Fsp3) is 0.167. The van der Waals surface area contributed by atoms with Crippen LogP contribution in [0, 0.1) is 0 Å². The first-order valence-electron chi connectivity index (χ1n) is 3.33. The summed E-state index contributed by atoms with van der Waals surface area (Å²) in [5.74, 6) is -1.11. The highest BCUT2D eigenvalue weighted by molar-refractivity contribution is 7.89. The Morgan fingerprint density at radius 3 is 2.50 bits per heavy atom. The minimum atomic E-state index is -4.28. The van der Waals surface area contributed by atoms with Crippen molar-refractivity contribution in [3.05, 3.63) is 17.8 Å². The molecule has 14 heavy (non-hydrogen) atoms. The average molecular weight is 224 g/mol. The number of aromatic hydroxyl groups is 1. The van der Waals surface area contributed by atoms with Gasteiger partial charge in [0.05, 0.1) is 5.56 Å². The molecule has 5 nitrogen and oxygen atoms in total. The lowest BCUT2D eigenvalue weighted by Crippen LogP contribution is -2.14. The summed E-state index contributed by atoms with van der Waals surface area (Å²) >= 11 is 0. The first-order valence-corrected chi connectivity index (χ1v) is 4.87. The quantitative estimate of drug-likeness (QED) is 0.759. The normalized spacial score (nSPS) is 12.0. The van der Waals surface area contributed by atoms with Gasteiger partial charge in [-0.15, -0.1) is 0 Å². The molecule has 0 amide bonds. The number of hydrogen-bond donors (Lipinski definition) is 2. The largest absolute Gasteiger partial charge is 0.505 e. The number of nitrogens with two attached hydrogens (primary N) is 1. The molecule has 0 aromatic carbocycles. The van der Waals surface area contributed by atoms with E-state index in [0.29, 0.717) is 0 Å². The van der Waals surface area contributed by atoms with Crippen LogP contribution in [0.25, 0.3) is 0 Å². The highest BCUT2D eigenvalue weighted by Crippen LogP contribution is 2.31. The molecule has 1 aromatic rings. The third-order valence-electron chi connectivity index (χ3n) is 1.43. The van der Waals surface area contributed by atoms with Gasteiger partial charge in [-0.1, -0.05) is 0 Å². The Labute approximate surface area is 78.2 Å². The van der Waals surface area contributed by atoms with Gasteiger partial charge in [-0.2, -0.15) is 0 Å². The summed E-state index contributed by atoms with van der Waals surface area (Å²) in [7, 11) is -4.28. The standard InChI is InChI=1S/C6H6F2N2O3S/c7-5(8)3-1-2-10-6(4(3)11)14(9,12)13/h1-2,5,11H,(H2,9,12,13). The second-order valence-corrected chi connectivity index (χ2v) is 3.88. The van der Waals surface area contributed by atoms with Gasteiger partial charge >= 0.3 is 0 Å². The molecule has 0 bridgehead atoms. The topological polar surface area (TPSA) is 93.3 Å². The summed E-state index contributed by atoms with van der Waals surface area (Å²) in [6.45, 7) is 0. The number of pyridine rings is 1. The fourth-order valence-electron chi connectivity index (χ4n) is 0.833. The number of nitrogens with zero attached hydrogens (tertiary/aromatic N) is 1. The van der Waals surface area contributed by atoms with E-state index >= 15 is 0 Å². The molecule has 0 atom stereocenters. The second kappa shape index (κ2) is 3.46. The van der Waals surface area contributed by atoms with E-state index in [-0.39, 0.29) is 0 Å². The summed E-state index contributed by atoms with van der Waals surface area (Å²) in [6, 6.07) is 0.814. The van der Waals surface area contributed by atoms with Crippen molar-refractivity contribution in [2.75, 3.05) is 0 Å². The van der Waals surface area contributed by atoms with Gasteiger partial charge in [0.1, 0.15) is 0 Å². The van der Waals surface area contributed by atoms with Crippen LogP contribution in [0.5, 0.6) is 5.75 Å². The lowest BCUT2D eigenvalue weighted by atomic mass is 10.2. The van der Waals surface area contributed by atoms with Crippen molar-refractivity contribution in [1.82, 2.24) is 4.98 Å². The molecular formula is C6H6F2N2O3S. The van der Waals surface area contributed by atoms with Crippen LogP contribution in [0.1, 0.15) is 12.0 Å². The molecule has 0 aliphatic rings. The van der Waals surface area contributed by atoms with E-state index in [2.05, 4.69) is 10.1 Å². The molecule has 0 radical (unpaired) electrons. The van der Waals surface area contributed by atoms with E-state index < -0.39 is 32.8 Å². The summed E-state index contributed by atoms with van der Waals surface area (Å²) in [5.41, 5.74) is -0.816.